The second kappa shape index (κ2) is 8.85. The zero-order valence-corrected chi connectivity index (χ0v) is 18.6. The first-order valence-electron chi connectivity index (χ1n) is 10.6. The molecule has 1 aliphatic rings. The van der Waals surface area contributed by atoms with E-state index in [-0.39, 0.29) is 12.1 Å². The number of para-hydroxylation sites is 1. The third-order valence-electron chi connectivity index (χ3n) is 5.82. The van der Waals surface area contributed by atoms with Gasteiger partial charge in [-0.25, -0.2) is 0 Å². The summed E-state index contributed by atoms with van der Waals surface area (Å²) in [5, 5.41) is 4.25. The molecule has 1 saturated heterocycles. The molecule has 2 aromatic carbocycles. The molecule has 0 amide bonds. The van der Waals surface area contributed by atoms with E-state index in [2.05, 4.69) is 68.6 Å². The molecule has 0 aliphatic carbocycles. The summed E-state index contributed by atoms with van der Waals surface area (Å²) in [6, 6.07) is 26.6. The molecule has 0 saturated carbocycles. The minimum Gasteiger partial charge on any atom is -0.497 e. The van der Waals surface area contributed by atoms with Crippen molar-refractivity contribution in [2.24, 2.45) is 0 Å². The number of nitrogens with one attached hydrogen (secondary N) is 1. The van der Waals surface area contributed by atoms with Gasteiger partial charge in [0.25, 0.3) is 0 Å². The monoisotopic (exact) mass is 440 g/mol. The van der Waals surface area contributed by atoms with E-state index in [0.29, 0.717) is 6.54 Å². The lowest BCUT2D eigenvalue weighted by atomic mass is 9.98. The van der Waals surface area contributed by atoms with Crippen LogP contribution in [0.4, 0.5) is 0 Å². The van der Waals surface area contributed by atoms with Crippen molar-refractivity contribution in [2.45, 2.75) is 18.6 Å². The summed E-state index contributed by atoms with van der Waals surface area (Å²) in [7, 11) is 1.68. The lowest BCUT2D eigenvalue weighted by molar-refractivity contribution is 0.311. The number of benzene rings is 2. The van der Waals surface area contributed by atoms with Gasteiger partial charge in [0.1, 0.15) is 5.75 Å². The predicted molar refractivity (Wildman–Crippen MR) is 130 cm³/mol. The van der Waals surface area contributed by atoms with Crippen LogP contribution in [-0.2, 0) is 6.54 Å². The van der Waals surface area contributed by atoms with Crippen molar-refractivity contribution in [3.63, 3.8) is 0 Å². The largest absolute Gasteiger partial charge is 0.497 e. The third kappa shape index (κ3) is 3.97. The predicted octanol–water partition coefficient (Wildman–Crippen LogP) is 5.05. The molecule has 2 atom stereocenters. The average molecular weight is 441 g/mol. The molecule has 32 heavy (non-hydrogen) atoms. The highest BCUT2D eigenvalue weighted by molar-refractivity contribution is 7.80. The van der Waals surface area contributed by atoms with Crippen LogP contribution >= 0.6 is 12.2 Å². The van der Waals surface area contributed by atoms with Crippen molar-refractivity contribution in [3.8, 4) is 11.4 Å². The molecular weight excluding hydrogens is 416 g/mol. The van der Waals surface area contributed by atoms with Crippen molar-refractivity contribution < 1.29 is 4.74 Å². The van der Waals surface area contributed by atoms with Crippen molar-refractivity contribution in [2.75, 3.05) is 7.11 Å². The van der Waals surface area contributed by atoms with Gasteiger partial charge in [-0.1, -0.05) is 36.4 Å². The molecule has 3 heterocycles. The van der Waals surface area contributed by atoms with Crippen molar-refractivity contribution in [1.82, 2.24) is 19.8 Å². The van der Waals surface area contributed by atoms with E-state index in [1.807, 2.05) is 48.7 Å². The van der Waals surface area contributed by atoms with Gasteiger partial charge in [0.2, 0.25) is 0 Å². The normalized spacial score (nSPS) is 17.9. The molecule has 5 rings (SSSR count). The number of aromatic nitrogens is 2. The summed E-state index contributed by atoms with van der Waals surface area (Å²) in [5.74, 6) is 0.846. The summed E-state index contributed by atoms with van der Waals surface area (Å²) in [6.45, 7) is 0.695. The van der Waals surface area contributed by atoms with Crippen LogP contribution in [-0.4, -0.2) is 26.7 Å². The summed E-state index contributed by atoms with van der Waals surface area (Å²) >= 11 is 5.80. The molecule has 0 radical (unpaired) electrons. The number of methoxy groups -OCH3 is 1. The Kier molecular flexibility index (Phi) is 5.60. The highest BCUT2D eigenvalue weighted by atomic mass is 32.1. The standard InChI is InChI=1S/C26H24N4OS/c1-31-22-12-10-19(11-13-22)17-30-25(24(28-26(30)32)23-9-5-6-15-27-23)20-14-16-29(18-20)21-7-3-2-4-8-21/h2-16,18,24-25H,17H2,1H3,(H,28,32)/t24-,25-/m1/s1. The zero-order valence-electron chi connectivity index (χ0n) is 17.8. The Hall–Kier alpha value is -3.64. The van der Waals surface area contributed by atoms with E-state index in [1.54, 1.807) is 7.11 Å². The van der Waals surface area contributed by atoms with E-state index in [1.165, 1.54) is 11.1 Å². The average Bonchev–Trinajstić information content (AvgIpc) is 3.46. The van der Waals surface area contributed by atoms with Gasteiger partial charge in [-0.2, -0.15) is 0 Å². The molecule has 2 aromatic heterocycles. The molecule has 6 heteroatoms. The maximum Gasteiger partial charge on any atom is 0.170 e. The maximum absolute atomic E-state index is 5.80. The molecule has 0 bridgehead atoms. The van der Waals surface area contributed by atoms with Gasteiger partial charge in [-0.15, -0.1) is 0 Å². The molecule has 5 nitrogen and oxygen atoms in total. The number of nitrogens with zero attached hydrogens (tertiary/aromatic N) is 3. The van der Waals surface area contributed by atoms with Crippen LogP contribution in [0.2, 0.25) is 0 Å². The SMILES string of the molecule is COc1ccc(CN2C(=S)N[C@H](c3ccccn3)[C@H]2c2ccn(-c3ccccc3)c2)cc1. The summed E-state index contributed by atoms with van der Waals surface area (Å²) in [6.07, 6.45) is 6.12. The van der Waals surface area contributed by atoms with Gasteiger partial charge in [-0.3, -0.25) is 4.98 Å². The maximum atomic E-state index is 5.80. The Balaban J connectivity index is 1.51. The fraction of sp³-hybridized carbons (Fsp3) is 0.154. The fourth-order valence-electron chi connectivity index (χ4n) is 4.22. The zero-order chi connectivity index (χ0) is 21.9. The second-order valence-electron chi connectivity index (χ2n) is 7.79. The lowest BCUT2D eigenvalue weighted by Gasteiger charge is -2.27. The van der Waals surface area contributed by atoms with E-state index in [9.17, 15) is 0 Å². The highest BCUT2D eigenvalue weighted by Gasteiger charge is 2.40. The summed E-state index contributed by atoms with van der Waals surface area (Å²) in [4.78, 5) is 6.88. The van der Waals surface area contributed by atoms with E-state index >= 15 is 0 Å². The van der Waals surface area contributed by atoms with E-state index in [0.717, 1.165) is 22.2 Å². The smallest absolute Gasteiger partial charge is 0.170 e. The number of hydrogen-bond acceptors (Lipinski definition) is 3. The molecule has 0 unspecified atom stereocenters. The van der Waals surface area contributed by atoms with Gasteiger partial charge in [-0.05, 0) is 65.8 Å². The van der Waals surface area contributed by atoms with E-state index in [4.69, 9.17) is 17.0 Å². The Morgan fingerprint density at radius 2 is 1.75 bits per heavy atom. The molecule has 0 spiro atoms. The molecular formula is C26H24N4OS. The molecule has 1 N–H and O–H groups in total. The third-order valence-corrected chi connectivity index (χ3v) is 6.17. The van der Waals surface area contributed by atoms with Crippen LogP contribution in [0, 0.1) is 0 Å². The molecule has 1 fully saturated rings. The van der Waals surface area contributed by atoms with Crippen LogP contribution in [0.5, 0.6) is 5.75 Å². The molecule has 160 valence electrons. The van der Waals surface area contributed by atoms with Crippen LogP contribution < -0.4 is 10.1 Å². The number of ether oxygens (including phenoxy) is 1. The summed E-state index contributed by atoms with van der Waals surface area (Å²) < 4.78 is 7.46. The van der Waals surface area contributed by atoms with Gasteiger partial charge in [0, 0.05) is 30.8 Å². The lowest BCUT2D eigenvalue weighted by Crippen LogP contribution is -2.29. The highest BCUT2D eigenvalue weighted by Crippen LogP contribution is 2.39. The van der Waals surface area contributed by atoms with Gasteiger partial charge in [0.05, 0.1) is 24.9 Å². The number of rotatable bonds is 6. The fourth-order valence-corrected chi connectivity index (χ4v) is 4.52. The Bertz CT molecular complexity index is 1190. The van der Waals surface area contributed by atoms with Crippen molar-refractivity contribution in [3.05, 3.63) is 114 Å². The number of thiocarbonyl (C=S) groups is 1. The number of pyridine rings is 1. The Morgan fingerprint density at radius 1 is 0.969 bits per heavy atom. The van der Waals surface area contributed by atoms with E-state index < -0.39 is 0 Å². The first-order valence-corrected chi connectivity index (χ1v) is 11.0. The van der Waals surface area contributed by atoms with Gasteiger partial charge in [0.15, 0.2) is 5.11 Å². The molecule has 1 aliphatic heterocycles. The van der Waals surface area contributed by atoms with Gasteiger partial charge < -0.3 is 19.5 Å². The Labute approximate surface area is 193 Å². The van der Waals surface area contributed by atoms with Crippen LogP contribution in [0.1, 0.15) is 28.9 Å². The minimum absolute atomic E-state index is 0.0180. The minimum atomic E-state index is -0.0337. The number of hydrogen-bond donors (Lipinski definition) is 1. The van der Waals surface area contributed by atoms with Crippen LogP contribution in [0.25, 0.3) is 5.69 Å². The van der Waals surface area contributed by atoms with Crippen LogP contribution in [0.15, 0.2) is 97.5 Å². The quantitative estimate of drug-likeness (QED) is 0.425. The topological polar surface area (TPSA) is 42.3 Å². The molecule has 4 aromatic rings. The van der Waals surface area contributed by atoms with Gasteiger partial charge >= 0.3 is 0 Å². The Morgan fingerprint density at radius 3 is 2.47 bits per heavy atom. The van der Waals surface area contributed by atoms with Crippen molar-refractivity contribution >= 4 is 17.3 Å². The second-order valence-corrected chi connectivity index (χ2v) is 8.18. The first-order chi connectivity index (χ1) is 15.7. The summed E-state index contributed by atoms with van der Waals surface area (Å²) in [5.41, 5.74) is 4.46. The van der Waals surface area contributed by atoms with Crippen molar-refractivity contribution in [1.29, 1.82) is 0 Å². The first kappa shape index (κ1) is 20.3. The van der Waals surface area contributed by atoms with Crippen LogP contribution in [0.3, 0.4) is 0 Å².